The number of nitrogens with one attached hydrogen (secondary N) is 1. The van der Waals surface area contributed by atoms with Gasteiger partial charge >= 0.3 is 6.03 Å². The third-order valence-corrected chi connectivity index (χ3v) is 5.49. The fraction of sp³-hybridized carbons (Fsp3) is 0.667. The van der Waals surface area contributed by atoms with Crippen LogP contribution >= 0.6 is 0 Å². The van der Waals surface area contributed by atoms with Crippen molar-refractivity contribution >= 4 is 11.8 Å². The van der Waals surface area contributed by atoms with Crippen molar-refractivity contribution in [3.8, 4) is 0 Å². The number of amides is 2. The Balaban J connectivity index is 1.33. The first kappa shape index (κ1) is 16.8. The van der Waals surface area contributed by atoms with Crippen molar-refractivity contribution in [2.24, 2.45) is 11.8 Å². The minimum Gasteiger partial charge on any atom is -0.379 e. The lowest BCUT2D eigenvalue weighted by molar-refractivity contribution is 0.0337. The number of fused-ring (bicyclic) bond motifs is 1. The molecule has 0 radical (unpaired) electrons. The zero-order valence-electron chi connectivity index (χ0n) is 14.9. The van der Waals surface area contributed by atoms with Crippen LogP contribution in [-0.2, 0) is 11.3 Å². The number of likely N-dealkylation sites (tertiary alicyclic amines) is 2. The number of nitrogens with zero attached hydrogens (tertiary/aromatic N) is 4. The lowest BCUT2D eigenvalue weighted by Gasteiger charge is -2.26. The van der Waals surface area contributed by atoms with Gasteiger partial charge < -0.3 is 14.5 Å². The second-order valence-electron chi connectivity index (χ2n) is 7.48. The predicted octanol–water partition coefficient (Wildman–Crippen LogP) is 0.939. The number of rotatable bonds is 3. The second-order valence-corrected chi connectivity index (χ2v) is 7.48. The highest BCUT2D eigenvalue weighted by Crippen LogP contribution is 2.30. The molecule has 1 aromatic heterocycles. The molecule has 0 saturated carbocycles. The van der Waals surface area contributed by atoms with Crippen LogP contribution in [-0.4, -0.2) is 85.2 Å². The molecule has 3 saturated heterocycles. The highest BCUT2D eigenvalue weighted by atomic mass is 16.5. The van der Waals surface area contributed by atoms with Gasteiger partial charge in [-0.15, -0.1) is 0 Å². The summed E-state index contributed by atoms with van der Waals surface area (Å²) in [5.41, 5.74) is 0.986. The number of ether oxygens (including phenoxy) is 1. The molecule has 3 fully saturated rings. The molecule has 1 aromatic rings. The third-order valence-electron chi connectivity index (χ3n) is 5.49. The molecular weight excluding hydrogens is 318 g/mol. The largest absolute Gasteiger partial charge is 0.379 e. The van der Waals surface area contributed by atoms with Gasteiger partial charge in [0.05, 0.1) is 18.9 Å². The van der Waals surface area contributed by atoms with Gasteiger partial charge in [0.25, 0.3) is 0 Å². The van der Waals surface area contributed by atoms with Crippen molar-refractivity contribution in [3.05, 3.63) is 23.9 Å². The van der Waals surface area contributed by atoms with E-state index in [-0.39, 0.29) is 6.03 Å². The van der Waals surface area contributed by atoms with E-state index in [1.165, 1.54) is 0 Å². The van der Waals surface area contributed by atoms with Gasteiger partial charge in [-0.1, -0.05) is 6.07 Å². The van der Waals surface area contributed by atoms with Crippen LogP contribution in [0.25, 0.3) is 0 Å². The Kier molecular flexibility index (Phi) is 4.87. The van der Waals surface area contributed by atoms with Crippen LogP contribution < -0.4 is 5.32 Å². The average molecular weight is 345 g/mol. The maximum Gasteiger partial charge on any atom is 0.323 e. The molecule has 25 heavy (non-hydrogen) atoms. The summed E-state index contributed by atoms with van der Waals surface area (Å²) in [6.07, 6.45) is 0. The molecule has 2 amide bonds. The Morgan fingerprint density at radius 1 is 1.20 bits per heavy atom. The van der Waals surface area contributed by atoms with E-state index in [2.05, 4.69) is 27.1 Å². The first-order valence-corrected chi connectivity index (χ1v) is 9.18. The van der Waals surface area contributed by atoms with E-state index in [4.69, 9.17) is 4.74 Å². The summed E-state index contributed by atoms with van der Waals surface area (Å²) in [5, 5.41) is 2.98. The fourth-order valence-corrected chi connectivity index (χ4v) is 4.21. The van der Waals surface area contributed by atoms with Crippen LogP contribution in [0.5, 0.6) is 0 Å². The fourth-order valence-electron chi connectivity index (χ4n) is 4.21. The summed E-state index contributed by atoms with van der Waals surface area (Å²) in [5.74, 6) is 1.89. The molecule has 136 valence electrons. The summed E-state index contributed by atoms with van der Waals surface area (Å²) in [6, 6.07) is 5.83. The average Bonchev–Trinajstić information content (AvgIpc) is 3.13. The van der Waals surface area contributed by atoms with E-state index >= 15 is 0 Å². The first-order chi connectivity index (χ1) is 12.2. The molecule has 0 bridgehead atoms. The van der Waals surface area contributed by atoms with Gasteiger partial charge in [-0.05, 0) is 31.0 Å². The third kappa shape index (κ3) is 3.94. The summed E-state index contributed by atoms with van der Waals surface area (Å²) < 4.78 is 5.38. The minimum atomic E-state index is -0.0203. The van der Waals surface area contributed by atoms with E-state index in [1.54, 1.807) is 0 Å². The molecule has 2 atom stereocenters. The van der Waals surface area contributed by atoms with Gasteiger partial charge in [-0.2, -0.15) is 0 Å². The van der Waals surface area contributed by atoms with Crippen molar-refractivity contribution in [1.29, 1.82) is 0 Å². The number of aromatic nitrogens is 1. The number of pyridine rings is 1. The molecular formula is C18H27N5O2. The number of urea groups is 1. The highest BCUT2D eigenvalue weighted by molar-refractivity contribution is 5.88. The number of morpholine rings is 1. The van der Waals surface area contributed by atoms with Gasteiger partial charge in [0.15, 0.2) is 0 Å². The Labute approximate surface area is 148 Å². The number of anilines is 1. The lowest BCUT2D eigenvalue weighted by atomic mass is 10.0. The van der Waals surface area contributed by atoms with Gasteiger partial charge in [-0.25, -0.2) is 9.78 Å². The maximum absolute atomic E-state index is 12.6. The van der Waals surface area contributed by atoms with E-state index in [0.29, 0.717) is 17.7 Å². The van der Waals surface area contributed by atoms with Crippen LogP contribution in [0, 0.1) is 11.8 Å². The molecule has 3 aliphatic heterocycles. The van der Waals surface area contributed by atoms with Crippen molar-refractivity contribution in [3.63, 3.8) is 0 Å². The predicted molar refractivity (Wildman–Crippen MR) is 95.4 cm³/mol. The molecule has 0 unspecified atom stereocenters. The van der Waals surface area contributed by atoms with Gasteiger partial charge in [-0.3, -0.25) is 10.2 Å². The van der Waals surface area contributed by atoms with E-state index in [0.717, 1.165) is 64.7 Å². The normalized spacial score (nSPS) is 27.5. The SMILES string of the molecule is CN1C[C@@H]2CN(C(=O)Nc3cccc(CN4CCOCC4)n3)C[C@@H]2C1. The smallest absolute Gasteiger partial charge is 0.323 e. The van der Waals surface area contributed by atoms with Crippen LogP contribution in [0.1, 0.15) is 5.69 Å². The quantitative estimate of drug-likeness (QED) is 0.883. The van der Waals surface area contributed by atoms with Gasteiger partial charge in [0, 0.05) is 45.8 Å². The van der Waals surface area contributed by atoms with Crippen LogP contribution in [0.2, 0.25) is 0 Å². The molecule has 0 spiro atoms. The van der Waals surface area contributed by atoms with E-state index < -0.39 is 0 Å². The van der Waals surface area contributed by atoms with Crippen molar-refractivity contribution in [2.45, 2.75) is 6.54 Å². The van der Waals surface area contributed by atoms with E-state index in [1.807, 2.05) is 23.1 Å². The topological polar surface area (TPSA) is 60.9 Å². The molecule has 4 heterocycles. The molecule has 7 heteroatoms. The second kappa shape index (κ2) is 7.27. The van der Waals surface area contributed by atoms with Crippen LogP contribution in [0.4, 0.5) is 10.6 Å². The summed E-state index contributed by atoms with van der Waals surface area (Å²) >= 11 is 0. The molecule has 7 nitrogen and oxygen atoms in total. The molecule has 1 N–H and O–H groups in total. The Bertz CT molecular complexity index is 605. The monoisotopic (exact) mass is 345 g/mol. The number of carbonyl (C=O) groups excluding carboxylic acids is 1. The minimum absolute atomic E-state index is 0.0203. The van der Waals surface area contributed by atoms with Crippen molar-refractivity contribution in [1.82, 2.24) is 19.7 Å². The van der Waals surface area contributed by atoms with Crippen LogP contribution in [0.15, 0.2) is 18.2 Å². The summed E-state index contributed by atoms with van der Waals surface area (Å²) in [7, 11) is 2.16. The molecule has 0 aliphatic carbocycles. The molecule has 0 aromatic carbocycles. The Hall–Kier alpha value is -1.70. The van der Waals surface area contributed by atoms with Gasteiger partial charge in [0.2, 0.25) is 0 Å². The molecule has 4 rings (SSSR count). The maximum atomic E-state index is 12.6. The summed E-state index contributed by atoms with van der Waals surface area (Å²) in [6.45, 7) is 8.14. The first-order valence-electron chi connectivity index (χ1n) is 9.18. The highest BCUT2D eigenvalue weighted by Gasteiger charge is 2.40. The van der Waals surface area contributed by atoms with Crippen LogP contribution in [0.3, 0.4) is 0 Å². The Morgan fingerprint density at radius 2 is 1.92 bits per heavy atom. The zero-order chi connectivity index (χ0) is 17.2. The number of hydrogen-bond acceptors (Lipinski definition) is 5. The number of carbonyl (C=O) groups is 1. The van der Waals surface area contributed by atoms with Crippen molar-refractivity contribution in [2.75, 3.05) is 64.8 Å². The summed E-state index contributed by atoms with van der Waals surface area (Å²) in [4.78, 5) is 23.8. The lowest BCUT2D eigenvalue weighted by Crippen LogP contribution is -2.36. The molecule has 3 aliphatic rings. The van der Waals surface area contributed by atoms with Gasteiger partial charge in [0.1, 0.15) is 5.82 Å². The Morgan fingerprint density at radius 3 is 2.64 bits per heavy atom. The van der Waals surface area contributed by atoms with Crippen molar-refractivity contribution < 1.29 is 9.53 Å². The number of hydrogen-bond donors (Lipinski definition) is 1. The standard InChI is InChI=1S/C18H27N5O2/c1-21-9-14-11-23(12-15(14)10-21)18(24)20-17-4-2-3-16(19-17)13-22-5-7-25-8-6-22/h2-4,14-15H,5-13H2,1H3,(H,19,20,24)/t14-,15+. The van der Waals surface area contributed by atoms with E-state index in [9.17, 15) is 4.79 Å². The zero-order valence-corrected chi connectivity index (χ0v) is 14.9.